The van der Waals surface area contributed by atoms with E-state index in [0.717, 1.165) is 19.2 Å². The summed E-state index contributed by atoms with van der Waals surface area (Å²) in [5.41, 5.74) is 0. The van der Waals surface area contributed by atoms with Crippen LogP contribution in [0.25, 0.3) is 0 Å². The molecule has 0 spiro atoms. The molecule has 1 aromatic heterocycles. The number of aromatic nitrogens is 2. The number of anilines is 2. The number of nitrogens with one attached hydrogen (secondary N) is 2. The zero-order valence-electron chi connectivity index (χ0n) is 9.99. The van der Waals surface area contributed by atoms with Crippen LogP contribution >= 0.6 is 0 Å². The van der Waals surface area contributed by atoms with Crippen LogP contribution in [0.1, 0.15) is 13.3 Å². The van der Waals surface area contributed by atoms with Crippen molar-refractivity contribution in [2.75, 3.05) is 35.7 Å². The van der Waals surface area contributed by atoms with Gasteiger partial charge in [0.25, 0.3) is 0 Å². The Balaban J connectivity index is 2.59. The molecular weight excluding hydrogens is 243 g/mol. The van der Waals surface area contributed by atoms with Crippen molar-refractivity contribution in [1.29, 1.82) is 0 Å². The molecule has 0 bridgehead atoms. The second-order valence-corrected chi connectivity index (χ2v) is 5.08. The van der Waals surface area contributed by atoms with Crippen molar-refractivity contribution < 1.29 is 8.60 Å². The lowest BCUT2D eigenvalue weighted by molar-refractivity contribution is 0.617. The summed E-state index contributed by atoms with van der Waals surface area (Å²) in [4.78, 5) is 7.82. The predicted octanol–water partition coefficient (Wildman–Crippen LogP) is 1.23. The highest BCUT2D eigenvalue weighted by atomic mass is 32.2. The van der Waals surface area contributed by atoms with Gasteiger partial charge in [-0.1, -0.05) is 6.92 Å². The molecule has 0 amide bonds. The van der Waals surface area contributed by atoms with E-state index in [1.807, 2.05) is 6.92 Å². The lowest BCUT2D eigenvalue weighted by Gasteiger charge is -2.08. The predicted molar refractivity (Wildman–Crippen MR) is 68.2 cm³/mol. The molecule has 0 aliphatic heterocycles. The normalized spacial score (nSPS) is 12.2. The van der Waals surface area contributed by atoms with Crippen LogP contribution in [0.5, 0.6) is 0 Å². The topological polar surface area (TPSA) is 66.9 Å². The molecule has 96 valence electrons. The summed E-state index contributed by atoms with van der Waals surface area (Å²) < 4.78 is 24.2. The van der Waals surface area contributed by atoms with Gasteiger partial charge in [0.05, 0.1) is 6.20 Å². The minimum absolute atomic E-state index is 0.143. The first kappa shape index (κ1) is 13.8. The van der Waals surface area contributed by atoms with Crippen molar-refractivity contribution in [2.45, 2.75) is 13.3 Å². The van der Waals surface area contributed by atoms with Gasteiger partial charge in [-0.15, -0.1) is 0 Å². The number of rotatable bonds is 7. The zero-order chi connectivity index (χ0) is 12.7. The smallest absolute Gasteiger partial charge is 0.224 e. The van der Waals surface area contributed by atoms with E-state index >= 15 is 0 Å². The van der Waals surface area contributed by atoms with Crippen molar-refractivity contribution in [2.24, 2.45) is 0 Å². The zero-order valence-corrected chi connectivity index (χ0v) is 10.8. The van der Waals surface area contributed by atoms with Crippen LogP contribution in [-0.2, 0) is 10.8 Å². The van der Waals surface area contributed by atoms with Crippen LogP contribution in [0.4, 0.5) is 16.2 Å². The summed E-state index contributed by atoms with van der Waals surface area (Å²) in [5.74, 6) is 0.493. The molecule has 0 radical (unpaired) electrons. The second-order valence-electron chi connectivity index (χ2n) is 3.52. The van der Waals surface area contributed by atoms with Crippen molar-refractivity contribution in [3.05, 3.63) is 12.0 Å². The maximum Gasteiger partial charge on any atom is 0.224 e. The van der Waals surface area contributed by atoms with Gasteiger partial charge in [-0.25, -0.2) is 9.37 Å². The van der Waals surface area contributed by atoms with E-state index < -0.39 is 16.6 Å². The molecule has 17 heavy (non-hydrogen) atoms. The lowest BCUT2D eigenvalue weighted by atomic mass is 10.5. The SMILES string of the molecule is CCCNc1ncc(F)c(NCCS(C)=O)n1. The monoisotopic (exact) mass is 260 g/mol. The van der Waals surface area contributed by atoms with Crippen molar-refractivity contribution in [3.8, 4) is 0 Å². The second kappa shape index (κ2) is 7.16. The van der Waals surface area contributed by atoms with Crippen LogP contribution in [-0.4, -0.2) is 39.3 Å². The van der Waals surface area contributed by atoms with Crippen LogP contribution in [0.3, 0.4) is 0 Å². The molecule has 0 aliphatic carbocycles. The van der Waals surface area contributed by atoms with E-state index in [2.05, 4.69) is 20.6 Å². The highest BCUT2D eigenvalue weighted by Crippen LogP contribution is 2.11. The van der Waals surface area contributed by atoms with Gasteiger partial charge in [0.1, 0.15) is 0 Å². The third kappa shape index (κ3) is 5.08. The van der Waals surface area contributed by atoms with Gasteiger partial charge in [0.15, 0.2) is 11.6 Å². The Hall–Kier alpha value is -1.24. The molecule has 1 aromatic rings. The average Bonchev–Trinajstić information content (AvgIpc) is 2.29. The Morgan fingerprint density at radius 2 is 2.18 bits per heavy atom. The average molecular weight is 260 g/mol. The Bertz CT molecular complexity index is 389. The van der Waals surface area contributed by atoms with Crippen LogP contribution in [0, 0.1) is 5.82 Å². The molecule has 1 rings (SSSR count). The van der Waals surface area contributed by atoms with E-state index in [9.17, 15) is 8.60 Å². The van der Waals surface area contributed by atoms with Crippen molar-refractivity contribution >= 4 is 22.6 Å². The maximum atomic E-state index is 13.3. The molecule has 0 saturated heterocycles. The summed E-state index contributed by atoms with van der Waals surface area (Å²) in [6.45, 7) is 3.18. The molecule has 0 saturated carbocycles. The van der Waals surface area contributed by atoms with Gasteiger partial charge in [-0.2, -0.15) is 4.98 Å². The fourth-order valence-electron chi connectivity index (χ4n) is 1.13. The van der Waals surface area contributed by atoms with Gasteiger partial charge in [-0.05, 0) is 6.42 Å². The molecular formula is C10H17FN4OS. The third-order valence-electron chi connectivity index (χ3n) is 1.96. The van der Waals surface area contributed by atoms with Gasteiger partial charge in [0, 0.05) is 35.9 Å². The van der Waals surface area contributed by atoms with E-state index in [1.165, 1.54) is 0 Å². The molecule has 2 N–H and O–H groups in total. The summed E-state index contributed by atoms with van der Waals surface area (Å²) in [7, 11) is -0.900. The Morgan fingerprint density at radius 1 is 1.41 bits per heavy atom. The molecule has 1 heterocycles. The Kier molecular flexibility index (Phi) is 5.82. The number of nitrogens with zero attached hydrogens (tertiary/aromatic N) is 2. The number of halogens is 1. The van der Waals surface area contributed by atoms with Gasteiger partial charge in [0.2, 0.25) is 5.95 Å². The number of hydrogen-bond acceptors (Lipinski definition) is 5. The summed E-state index contributed by atoms with van der Waals surface area (Å²) in [6.07, 6.45) is 3.67. The standard InChI is InChI=1S/C10H17FN4OS/c1-3-4-13-10-14-7-8(11)9(15-10)12-5-6-17(2)16/h7H,3-6H2,1-2H3,(H2,12,13,14,15). The first-order chi connectivity index (χ1) is 8.13. The van der Waals surface area contributed by atoms with Crippen molar-refractivity contribution in [3.63, 3.8) is 0 Å². The van der Waals surface area contributed by atoms with E-state index in [1.54, 1.807) is 6.26 Å². The van der Waals surface area contributed by atoms with Crippen LogP contribution in [0.2, 0.25) is 0 Å². The first-order valence-corrected chi connectivity index (χ1v) is 7.16. The molecule has 0 fully saturated rings. The fourth-order valence-corrected chi connectivity index (χ4v) is 1.52. The third-order valence-corrected chi connectivity index (χ3v) is 2.74. The minimum atomic E-state index is -0.900. The Morgan fingerprint density at radius 3 is 2.82 bits per heavy atom. The van der Waals surface area contributed by atoms with E-state index in [4.69, 9.17) is 0 Å². The molecule has 1 atom stereocenters. The molecule has 1 unspecified atom stereocenters. The molecule has 0 aromatic carbocycles. The molecule has 7 heteroatoms. The maximum absolute atomic E-state index is 13.3. The number of hydrogen-bond donors (Lipinski definition) is 2. The lowest BCUT2D eigenvalue weighted by Crippen LogP contribution is -2.13. The quantitative estimate of drug-likeness (QED) is 0.772. The largest absolute Gasteiger partial charge is 0.367 e. The van der Waals surface area contributed by atoms with E-state index in [0.29, 0.717) is 18.2 Å². The minimum Gasteiger partial charge on any atom is -0.367 e. The summed E-state index contributed by atoms with van der Waals surface area (Å²) in [6, 6.07) is 0. The fraction of sp³-hybridized carbons (Fsp3) is 0.600. The van der Waals surface area contributed by atoms with Crippen LogP contribution in [0.15, 0.2) is 6.20 Å². The Labute approximate surface area is 103 Å². The molecule has 0 aliphatic rings. The summed E-state index contributed by atoms with van der Waals surface area (Å²) in [5, 5.41) is 5.77. The van der Waals surface area contributed by atoms with Crippen molar-refractivity contribution in [1.82, 2.24) is 9.97 Å². The van der Waals surface area contributed by atoms with Gasteiger partial charge >= 0.3 is 0 Å². The summed E-state index contributed by atoms with van der Waals surface area (Å²) >= 11 is 0. The van der Waals surface area contributed by atoms with E-state index in [-0.39, 0.29) is 5.82 Å². The van der Waals surface area contributed by atoms with Gasteiger partial charge in [-0.3, -0.25) is 4.21 Å². The highest BCUT2D eigenvalue weighted by Gasteiger charge is 2.06. The first-order valence-electron chi connectivity index (χ1n) is 5.43. The van der Waals surface area contributed by atoms with Crippen LogP contribution < -0.4 is 10.6 Å². The van der Waals surface area contributed by atoms with Gasteiger partial charge < -0.3 is 10.6 Å². The molecule has 5 nitrogen and oxygen atoms in total. The highest BCUT2D eigenvalue weighted by molar-refractivity contribution is 7.84.